The highest BCUT2D eigenvalue weighted by Gasteiger charge is 2.21. The number of nitrogens with zero attached hydrogens (tertiary/aromatic N) is 2. The molecule has 0 saturated carbocycles. The van der Waals surface area contributed by atoms with Crippen LogP contribution >= 0.6 is 11.3 Å². The minimum absolute atomic E-state index is 0.861. The first-order valence-corrected chi connectivity index (χ1v) is 16.3. The number of furan rings is 1. The van der Waals surface area contributed by atoms with Crippen molar-refractivity contribution < 1.29 is 4.42 Å². The van der Waals surface area contributed by atoms with E-state index < -0.39 is 0 Å². The molecule has 0 bridgehead atoms. The molecule has 2 heterocycles. The highest BCUT2D eigenvalue weighted by molar-refractivity contribution is 7.25. The topological polar surface area (TPSA) is 19.6 Å². The van der Waals surface area contributed by atoms with Gasteiger partial charge in [-0.2, -0.15) is 0 Å². The van der Waals surface area contributed by atoms with E-state index in [0.717, 1.165) is 56.1 Å². The van der Waals surface area contributed by atoms with Crippen LogP contribution < -0.4 is 9.80 Å². The molecule has 9 aromatic rings. The van der Waals surface area contributed by atoms with Gasteiger partial charge in [-0.25, -0.2) is 0 Å². The summed E-state index contributed by atoms with van der Waals surface area (Å²) < 4.78 is 9.10. The van der Waals surface area contributed by atoms with Crippen LogP contribution in [0.15, 0.2) is 174 Å². The zero-order valence-corrected chi connectivity index (χ0v) is 25.7. The fraction of sp³-hybridized carbons (Fsp3) is 0. The summed E-state index contributed by atoms with van der Waals surface area (Å²) in [5.74, 6) is 0. The number of benzene rings is 7. The monoisotopic (exact) mass is 608 g/mol. The van der Waals surface area contributed by atoms with Crippen LogP contribution in [0.2, 0.25) is 0 Å². The van der Waals surface area contributed by atoms with Crippen molar-refractivity contribution in [1.82, 2.24) is 0 Å². The van der Waals surface area contributed by atoms with E-state index in [2.05, 4.69) is 180 Å². The van der Waals surface area contributed by atoms with Crippen LogP contribution in [0.5, 0.6) is 0 Å². The summed E-state index contributed by atoms with van der Waals surface area (Å²) in [7, 11) is 0. The van der Waals surface area contributed by atoms with Gasteiger partial charge in [0.1, 0.15) is 11.2 Å². The number of hydrogen-bond acceptors (Lipinski definition) is 4. The van der Waals surface area contributed by atoms with Crippen LogP contribution in [0, 0.1) is 0 Å². The van der Waals surface area contributed by atoms with Crippen LogP contribution in [0.4, 0.5) is 34.1 Å². The maximum Gasteiger partial charge on any atom is 0.137 e. The third-order valence-corrected chi connectivity index (χ3v) is 9.75. The van der Waals surface area contributed by atoms with Gasteiger partial charge in [-0.05, 0) is 84.9 Å². The Kier molecular flexibility index (Phi) is 6.32. The minimum Gasteiger partial charge on any atom is -0.456 e. The predicted octanol–water partition coefficient (Wildman–Crippen LogP) is 12.9. The quantitative estimate of drug-likeness (QED) is 0.187. The van der Waals surface area contributed by atoms with E-state index in [1.165, 1.54) is 20.2 Å². The summed E-state index contributed by atoms with van der Waals surface area (Å²) in [6.45, 7) is 0. The van der Waals surface area contributed by atoms with Gasteiger partial charge in [0, 0.05) is 54.0 Å². The molecule has 0 N–H and O–H groups in total. The third kappa shape index (κ3) is 4.42. The lowest BCUT2D eigenvalue weighted by atomic mass is 10.1. The normalized spacial score (nSPS) is 11.5. The van der Waals surface area contributed by atoms with Gasteiger partial charge in [-0.15, -0.1) is 11.3 Å². The Balaban J connectivity index is 1.28. The molecular formula is C42H28N2OS. The van der Waals surface area contributed by atoms with Gasteiger partial charge in [0.05, 0.1) is 11.1 Å². The Morgan fingerprint density at radius 2 is 0.957 bits per heavy atom. The number of anilines is 6. The van der Waals surface area contributed by atoms with Crippen molar-refractivity contribution in [3.05, 3.63) is 170 Å². The van der Waals surface area contributed by atoms with Crippen LogP contribution in [-0.2, 0) is 0 Å². The smallest absolute Gasteiger partial charge is 0.137 e. The predicted molar refractivity (Wildman–Crippen MR) is 196 cm³/mol. The molecule has 4 heteroatoms. The summed E-state index contributed by atoms with van der Waals surface area (Å²) in [5, 5.41) is 4.75. The van der Waals surface area contributed by atoms with Crippen molar-refractivity contribution in [3.8, 4) is 0 Å². The second-order valence-corrected chi connectivity index (χ2v) is 12.5. The molecule has 0 amide bonds. The molecule has 0 aliphatic heterocycles. The van der Waals surface area contributed by atoms with Crippen molar-refractivity contribution >= 4 is 87.6 Å². The number of rotatable bonds is 6. The van der Waals surface area contributed by atoms with Gasteiger partial charge >= 0.3 is 0 Å². The summed E-state index contributed by atoms with van der Waals surface area (Å²) in [6.07, 6.45) is 0. The molecule has 0 fully saturated rings. The Morgan fingerprint density at radius 1 is 0.370 bits per heavy atom. The van der Waals surface area contributed by atoms with Gasteiger partial charge < -0.3 is 14.2 Å². The lowest BCUT2D eigenvalue weighted by molar-refractivity contribution is 0.669. The molecule has 0 aliphatic rings. The van der Waals surface area contributed by atoms with Crippen LogP contribution in [-0.4, -0.2) is 0 Å². The zero-order valence-electron chi connectivity index (χ0n) is 24.9. The van der Waals surface area contributed by atoms with Gasteiger partial charge in [0.25, 0.3) is 0 Å². The molecular weight excluding hydrogens is 581 g/mol. The summed E-state index contributed by atoms with van der Waals surface area (Å²) >= 11 is 1.84. The second-order valence-electron chi connectivity index (χ2n) is 11.4. The van der Waals surface area contributed by atoms with E-state index in [0.29, 0.717) is 0 Å². The van der Waals surface area contributed by atoms with Crippen molar-refractivity contribution in [2.24, 2.45) is 0 Å². The van der Waals surface area contributed by atoms with Gasteiger partial charge in [0.2, 0.25) is 0 Å². The average Bonchev–Trinajstić information content (AvgIpc) is 3.68. The maximum absolute atomic E-state index is 6.53. The molecule has 0 radical (unpaired) electrons. The minimum atomic E-state index is 0.861. The Morgan fingerprint density at radius 3 is 1.67 bits per heavy atom. The van der Waals surface area contributed by atoms with Crippen molar-refractivity contribution in [1.29, 1.82) is 0 Å². The van der Waals surface area contributed by atoms with E-state index in [1.807, 2.05) is 11.3 Å². The molecule has 218 valence electrons. The molecule has 0 spiro atoms. The lowest BCUT2D eigenvalue weighted by Gasteiger charge is -2.27. The van der Waals surface area contributed by atoms with Gasteiger partial charge in [0.15, 0.2) is 0 Å². The maximum atomic E-state index is 6.53. The zero-order chi connectivity index (χ0) is 30.5. The standard InChI is InChI=1S/C42H28N2OS/c1-4-13-29(14-5-1)43(30-15-6-2-7-16-30)32-24-26-38-36(27-32)42-37(20-12-21-39(42)45-38)44(31-17-8-3-9-18-31)33-23-25-35-34-19-10-11-22-40(34)46-41(35)28-33/h1-28H. The molecule has 0 atom stereocenters. The second kappa shape index (κ2) is 11.0. The summed E-state index contributed by atoms with van der Waals surface area (Å²) in [5.41, 5.74) is 8.27. The fourth-order valence-electron chi connectivity index (χ4n) is 6.58. The largest absolute Gasteiger partial charge is 0.456 e. The van der Waals surface area contributed by atoms with E-state index in [-0.39, 0.29) is 0 Å². The SMILES string of the molecule is c1ccc(N(c2ccccc2)c2ccc3oc4cccc(N(c5ccccc5)c5ccc6c(c5)sc5ccccc56)c4c3c2)cc1. The first kappa shape index (κ1) is 26.6. The number of thiophene rings is 1. The molecule has 9 rings (SSSR count). The van der Waals surface area contributed by atoms with Crippen molar-refractivity contribution in [2.45, 2.75) is 0 Å². The first-order valence-electron chi connectivity index (χ1n) is 15.4. The summed E-state index contributed by atoms with van der Waals surface area (Å²) in [6, 6.07) is 60.0. The van der Waals surface area contributed by atoms with E-state index >= 15 is 0 Å². The third-order valence-electron chi connectivity index (χ3n) is 8.62. The van der Waals surface area contributed by atoms with E-state index in [4.69, 9.17) is 4.42 Å². The van der Waals surface area contributed by atoms with Crippen molar-refractivity contribution in [2.75, 3.05) is 9.80 Å². The van der Waals surface area contributed by atoms with Crippen LogP contribution in [0.1, 0.15) is 0 Å². The molecule has 46 heavy (non-hydrogen) atoms. The Hall–Kier alpha value is -5.84. The average molecular weight is 609 g/mol. The van der Waals surface area contributed by atoms with Crippen molar-refractivity contribution in [3.63, 3.8) is 0 Å². The Bertz CT molecular complexity index is 2440. The molecule has 7 aromatic carbocycles. The van der Waals surface area contributed by atoms with Gasteiger partial charge in [-0.1, -0.05) is 84.9 Å². The van der Waals surface area contributed by atoms with E-state index in [9.17, 15) is 0 Å². The van der Waals surface area contributed by atoms with Gasteiger partial charge in [-0.3, -0.25) is 0 Å². The van der Waals surface area contributed by atoms with E-state index in [1.54, 1.807) is 0 Å². The highest BCUT2D eigenvalue weighted by Crippen LogP contribution is 2.46. The lowest BCUT2D eigenvalue weighted by Crippen LogP contribution is -2.10. The van der Waals surface area contributed by atoms with Crippen LogP contribution in [0.3, 0.4) is 0 Å². The molecule has 2 aromatic heterocycles. The molecule has 3 nitrogen and oxygen atoms in total. The number of para-hydroxylation sites is 3. The number of hydrogen-bond donors (Lipinski definition) is 0. The molecule has 0 unspecified atom stereocenters. The molecule has 0 saturated heterocycles. The summed E-state index contributed by atoms with van der Waals surface area (Å²) in [4.78, 5) is 4.66. The fourth-order valence-corrected chi connectivity index (χ4v) is 7.72. The Labute approximate surface area is 270 Å². The first-order chi connectivity index (χ1) is 22.8. The highest BCUT2D eigenvalue weighted by atomic mass is 32.1. The molecule has 0 aliphatic carbocycles. The number of fused-ring (bicyclic) bond motifs is 6. The van der Waals surface area contributed by atoms with Crippen LogP contribution in [0.25, 0.3) is 42.1 Å².